The van der Waals surface area contributed by atoms with Crippen molar-refractivity contribution in [3.8, 4) is 0 Å². The predicted octanol–water partition coefficient (Wildman–Crippen LogP) is 3.75. The van der Waals surface area contributed by atoms with Gasteiger partial charge in [0.05, 0.1) is 11.9 Å². The number of aliphatic carboxylic acids is 1. The van der Waals surface area contributed by atoms with Gasteiger partial charge in [-0.05, 0) is 31.5 Å². The summed E-state index contributed by atoms with van der Waals surface area (Å²) in [5, 5.41) is 13.4. The average Bonchev–Trinajstić information content (AvgIpc) is 2.39. The van der Waals surface area contributed by atoms with Crippen LogP contribution in [0.1, 0.15) is 24.6 Å². The standard InChI is InChI=1S/C15H17BrN2O2/c1-3-6-17-15-11(8-14(19)20)9(2)18-13-5-4-10(16)7-12(13)15/h4-5,7H,3,6,8H2,1-2H3,(H,17,18)(H,19,20). The van der Waals surface area contributed by atoms with Crippen LogP contribution in [0.2, 0.25) is 0 Å². The molecule has 2 rings (SSSR count). The van der Waals surface area contributed by atoms with Crippen LogP contribution in [0.4, 0.5) is 5.69 Å². The fourth-order valence-electron chi connectivity index (χ4n) is 2.22. The summed E-state index contributed by atoms with van der Waals surface area (Å²) >= 11 is 3.46. The first kappa shape index (κ1) is 14.8. The smallest absolute Gasteiger partial charge is 0.307 e. The van der Waals surface area contributed by atoms with Crippen LogP contribution in [0.15, 0.2) is 22.7 Å². The summed E-state index contributed by atoms with van der Waals surface area (Å²) in [6.45, 7) is 4.74. The summed E-state index contributed by atoms with van der Waals surface area (Å²) in [5.41, 5.74) is 3.29. The SMILES string of the molecule is CCCNc1c(CC(=O)O)c(C)nc2ccc(Br)cc12. The summed E-state index contributed by atoms with van der Waals surface area (Å²) < 4.78 is 0.955. The number of hydrogen-bond acceptors (Lipinski definition) is 3. The Bertz CT molecular complexity index is 656. The molecular formula is C15H17BrN2O2. The maximum atomic E-state index is 11.1. The normalized spacial score (nSPS) is 10.8. The van der Waals surface area contributed by atoms with Gasteiger partial charge < -0.3 is 10.4 Å². The Morgan fingerprint density at radius 1 is 1.45 bits per heavy atom. The average molecular weight is 337 g/mol. The number of benzene rings is 1. The molecule has 0 aliphatic rings. The molecule has 20 heavy (non-hydrogen) atoms. The zero-order valence-corrected chi connectivity index (χ0v) is 13.1. The second-order valence-corrected chi connectivity index (χ2v) is 5.63. The van der Waals surface area contributed by atoms with E-state index in [9.17, 15) is 4.79 Å². The third-order valence-corrected chi connectivity index (χ3v) is 3.63. The van der Waals surface area contributed by atoms with E-state index in [4.69, 9.17) is 5.11 Å². The minimum atomic E-state index is -0.844. The number of halogens is 1. The van der Waals surface area contributed by atoms with Gasteiger partial charge in [-0.25, -0.2) is 0 Å². The molecule has 0 aliphatic carbocycles. The molecule has 1 aromatic heterocycles. The summed E-state index contributed by atoms with van der Waals surface area (Å²) in [7, 11) is 0. The molecule has 0 saturated carbocycles. The molecule has 0 saturated heterocycles. The zero-order chi connectivity index (χ0) is 14.7. The highest BCUT2D eigenvalue weighted by Gasteiger charge is 2.15. The molecule has 0 bridgehead atoms. The van der Waals surface area contributed by atoms with E-state index < -0.39 is 5.97 Å². The van der Waals surface area contributed by atoms with Gasteiger partial charge in [0.25, 0.3) is 0 Å². The molecule has 0 spiro atoms. The minimum absolute atomic E-state index is 0.0205. The van der Waals surface area contributed by atoms with Crippen LogP contribution in [0.5, 0.6) is 0 Å². The number of carboxylic acid groups (broad SMARTS) is 1. The highest BCUT2D eigenvalue weighted by atomic mass is 79.9. The Morgan fingerprint density at radius 3 is 2.85 bits per heavy atom. The molecule has 1 aromatic carbocycles. The van der Waals surface area contributed by atoms with E-state index in [0.717, 1.165) is 45.3 Å². The van der Waals surface area contributed by atoms with Gasteiger partial charge in [-0.15, -0.1) is 0 Å². The highest BCUT2D eigenvalue weighted by Crippen LogP contribution is 2.31. The van der Waals surface area contributed by atoms with Crippen molar-refractivity contribution in [3.05, 3.63) is 33.9 Å². The molecule has 2 N–H and O–H groups in total. The van der Waals surface area contributed by atoms with E-state index in [2.05, 4.69) is 33.2 Å². The van der Waals surface area contributed by atoms with Gasteiger partial charge in [0.15, 0.2) is 0 Å². The number of aromatic nitrogens is 1. The largest absolute Gasteiger partial charge is 0.481 e. The second kappa shape index (κ2) is 6.22. The highest BCUT2D eigenvalue weighted by molar-refractivity contribution is 9.10. The molecule has 5 heteroatoms. The topological polar surface area (TPSA) is 62.2 Å². The molecule has 0 atom stereocenters. The first-order valence-electron chi connectivity index (χ1n) is 6.57. The molecule has 1 heterocycles. The quantitative estimate of drug-likeness (QED) is 0.872. The van der Waals surface area contributed by atoms with Crippen LogP contribution in [0.3, 0.4) is 0 Å². The first-order chi connectivity index (χ1) is 9.52. The van der Waals surface area contributed by atoms with E-state index >= 15 is 0 Å². The van der Waals surface area contributed by atoms with Gasteiger partial charge in [0.1, 0.15) is 0 Å². The number of hydrogen-bond donors (Lipinski definition) is 2. The maximum absolute atomic E-state index is 11.1. The summed E-state index contributed by atoms with van der Waals surface area (Å²) in [6.07, 6.45) is 0.955. The lowest BCUT2D eigenvalue weighted by Crippen LogP contribution is -2.10. The zero-order valence-electron chi connectivity index (χ0n) is 11.5. The van der Waals surface area contributed by atoms with E-state index in [-0.39, 0.29) is 6.42 Å². The molecule has 4 nitrogen and oxygen atoms in total. The van der Waals surface area contributed by atoms with Crippen LogP contribution < -0.4 is 5.32 Å². The van der Waals surface area contributed by atoms with Crippen molar-refractivity contribution >= 4 is 38.5 Å². The molecule has 2 aromatic rings. The van der Waals surface area contributed by atoms with Gasteiger partial charge in [0, 0.05) is 33.3 Å². The number of pyridine rings is 1. The Balaban J connectivity index is 2.67. The molecule has 106 valence electrons. The second-order valence-electron chi connectivity index (χ2n) is 4.71. The van der Waals surface area contributed by atoms with Crippen molar-refractivity contribution < 1.29 is 9.90 Å². The van der Waals surface area contributed by atoms with Gasteiger partial charge in [-0.2, -0.15) is 0 Å². The lowest BCUT2D eigenvalue weighted by molar-refractivity contribution is -0.136. The van der Waals surface area contributed by atoms with E-state index in [1.807, 2.05) is 25.1 Å². The van der Waals surface area contributed by atoms with Gasteiger partial charge >= 0.3 is 5.97 Å². The Hall–Kier alpha value is -1.62. The fraction of sp³-hybridized carbons (Fsp3) is 0.333. The molecule has 0 fully saturated rings. The number of nitrogens with zero attached hydrogens (tertiary/aromatic N) is 1. The lowest BCUT2D eigenvalue weighted by atomic mass is 10.0. The third kappa shape index (κ3) is 3.10. The van der Waals surface area contributed by atoms with Crippen LogP contribution in [0, 0.1) is 6.92 Å². The van der Waals surface area contributed by atoms with Crippen molar-refractivity contribution in [2.24, 2.45) is 0 Å². The molecular weight excluding hydrogens is 320 g/mol. The third-order valence-electron chi connectivity index (χ3n) is 3.13. The number of fused-ring (bicyclic) bond motifs is 1. The summed E-state index contributed by atoms with van der Waals surface area (Å²) in [5.74, 6) is -0.844. The fourth-order valence-corrected chi connectivity index (χ4v) is 2.58. The van der Waals surface area contributed by atoms with Crippen LogP contribution in [0.25, 0.3) is 10.9 Å². The summed E-state index contributed by atoms with van der Waals surface area (Å²) in [4.78, 5) is 15.6. The number of anilines is 1. The maximum Gasteiger partial charge on any atom is 0.307 e. The van der Waals surface area contributed by atoms with Crippen LogP contribution in [-0.4, -0.2) is 22.6 Å². The van der Waals surface area contributed by atoms with Crippen molar-refractivity contribution in [1.29, 1.82) is 0 Å². The Labute approximate surface area is 126 Å². The number of nitrogens with one attached hydrogen (secondary N) is 1. The Morgan fingerprint density at radius 2 is 2.20 bits per heavy atom. The molecule has 0 radical (unpaired) electrons. The van der Waals surface area contributed by atoms with E-state index in [1.54, 1.807) is 0 Å². The van der Waals surface area contributed by atoms with Gasteiger partial charge in [-0.3, -0.25) is 9.78 Å². The number of rotatable bonds is 5. The summed E-state index contributed by atoms with van der Waals surface area (Å²) in [6, 6.07) is 5.86. The van der Waals surface area contributed by atoms with Gasteiger partial charge in [0.2, 0.25) is 0 Å². The monoisotopic (exact) mass is 336 g/mol. The minimum Gasteiger partial charge on any atom is -0.481 e. The van der Waals surface area contributed by atoms with Crippen molar-refractivity contribution in [2.75, 3.05) is 11.9 Å². The van der Waals surface area contributed by atoms with Crippen molar-refractivity contribution in [2.45, 2.75) is 26.7 Å². The molecule has 0 unspecified atom stereocenters. The Kier molecular flexibility index (Phi) is 4.60. The van der Waals surface area contributed by atoms with Crippen molar-refractivity contribution in [3.63, 3.8) is 0 Å². The van der Waals surface area contributed by atoms with E-state index in [1.165, 1.54) is 0 Å². The van der Waals surface area contributed by atoms with Crippen LogP contribution >= 0.6 is 15.9 Å². The number of carbonyl (C=O) groups is 1. The van der Waals surface area contributed by atoms with Gasteiger partial charge in [-0.1, -0.05) is 22.9 Å². The molecule has 0 aliphatic heterocycles. The first-order valence-corrected chi connectivity index (χ1v) is 7.36. The molecule has 0 amide bonds. The number of carboxylic acids is 1. The van der Waals surface area contributed by atoms with E-state index in [0.29, 0.717) is 0 Å². The van der Waals surface area contributed by atoms with Crippen LogP contribution in [-0.2, 0) is 11.2 Å². The number of aryl methyl sites for hydroxylation is 1. The predicted molar refractivity (Wildman–Crippen MR) is 84.3 cm³/mol. The van der Waals surface area contributed by atoms with Crippen molar-refractivity contribution in [1.82, 2.24) is 4.98 Å². The lowest BCUT2D eigenvalue weighted by Gasteiger charge is -2.16.